The van der Waals surface area contributed by atoms with E-state index in [9.17, 15) is 39.6 Å². The van der Waals surface area contributed by atoms with Crippen molar-refractivity contribution in [1.29, 1.82) is 0 Å². The number of aromatic hydroxyl groups is 2. The summed E-state index contributed by atoms with van der Waals surface area (Å²) >= 11 is 0. The van der Waals surface area contributed by atoms with Crippen LogP contribution in [0.4, 0.5) is 16.2 Å². The maximum absolute atomic E-state index is 14.6. The van der Waals surface area contributed by atoms with Gasteiger partial charge in [0.2, 0.25) is 0 Å². The van der Waals surface area contributed by atoms with Crippen LogP contribution in [0.15, 0.2) is 42.2 Å². The van der Waals surface area contributed by atoms with Gasteiger partial charge >= 0.3 is 17.8 Å². The molecule has 0 unspecified atom stereocenters. The minimum absolute atomic E-state index is 0.0273. The van der Waals surface area contributed by atoms with Crippen molar-refractivity contribution in [2.45, 2.75) is 92.5 Å². The molecule has 6 rings (SSSR count). The third-order valence-corrected chi connectivity index (χ3v) is 12.0. The number of hydrogen-bond acceptors (Lipinski definition) is 14. The zero-order valence-electron chi connectivity index (χ0n) is 36.0. The summed E-state index contributed by atoms with van der Waals surface area (Å²) in [6.45, 7) is 15.7. The predicted molar refractivity (Wildman–Crippen MR) is 223 cm³/mol. The lowest BCUT2D eigenvalue weighted by Gasteiger charge is -2.38. The van der Waals surface area contributed by atoms with Crippen LogP contribution < -0.4 is 15.0 Å². The van der Waals surface area contributed by atoms with E-state index in [1.54, 1.807) is 58.6 Å². The molecule has 1 saturated heterocycles. The van der Waals surface area contributed by atoms with E-state index in [2.05, 4.69) is 5.32 Å². The van der Waals surface area contributed by atoms with Gasteiger partial charge in [0.15, 0.2) is 5.75 Å². The Bertz CT molecular complexity index is 2070. The fourth-order valence-corrected chi connectivity index (χ4v) is 8.24. The number of Topliss-reactive ketones (excluding diaryl/α,β-unsaturated/α-hetero) is 1. The number of nitrogens with zero attached hydrogens (tertiary/aromatic N) is 2. The number of allylic oxidation sites excluding steroid dienone is 2. The first-order chi connectivity index (χ1) is 28.3. The lowest BCUT2D eigenvalue weighted by molar-refractivity contribution is -0.160. The minimum atomic E-state index is -1.97. The van der Waals surface area contributed by atoms with Crippen molar-refractivity contribution in [2.75, 3.05) is 50.1 Å². The number of benzene rings is 2. The van der Waals surface area contributed by atoms with Crippen LogP contribution in [0.2, 0.25) is 0 Å². The summed E-state index contributed by atoms with van der Waals surface area (Å²) in [5.74, 6) is -7.04. The first kappa shape index (κ1) is 45.8. The van der Waals surface area contributed by atoms with Crippen molar-refractivity contribution in [3.63, 3.8) is 0 Å². The number of ketones is 1. The highest BCUT2D eigenvalue weighted by Gasteiger charge is 2.50. The highest BCUT2D eigenvalue weighted by Crippen LogP contribution is 2.54. The summed E-state index contributed by atoms with van der Waals surface area (Å²) in [4.78, 5) is 56.7. The van der Waals surface area contributed by atoms with Crippen molar-refractivity contribution in [1.82, 2.24) is 4.90 Å². The molecule has 0 aromatic heterocycles. The Morgan fingerprint density at radius 2 is 1.62 bits per heavy atom. The highest BCUT2D eigenvalue weighted by molar-refractivity contribution is 6.23. The van der Waals surface area contributed by atoms with Gasteiger partial charge in [0.25, 0.3) is 11.7 Å². The lowest BCUT2D eigenvalue weighted by Crippen LogP contribution is -2.49. The molecular weight excluding hydrogens is 778 g/mol. The van der Waals surface area contributed by atoms with Crippen LogP contribution in [0.25, 0.3) is 10.8 Å². The molecular formula is C44H59N3O13. The number of nitrogens with one attached hydrogen (secondary N) is 1. The smallest absolute Gasteiger partial charge is 0.409 e. The Labute approximate surface area is 350 Å². The molecule has 0 spiro atoms. The van der Waals surface area contributed by atoms with E-state index in [4.69, 9.17) is 23.7 Å². The van der Waals surface area contributed by atoms with Crippen LogP contribution in [0, 0.1) is 30.6 Å². The van der Waals surface area contributed by atoms with Crippen LogP contribution in [-0.2, 0) is 28.5 Å². The Morgan fingerprint density at radius 3 is 2.23 bits per heavy atom. The van der Waals surface area contributed by atoms with Gasteiger partial charge in [-0.2, -0.15) is 0 Å². The normalized spacial score (nSPS) is 31.2. The van der Waals surface area contributed by atoms with Crippen LogP contribution in [0.3, 0.4) is 0 Å². The number of fused-ring (bicyclic) bond motifs is 14. The molecule has 2 aromatic rings. The SMILES string of the molecule is CCOC(=O)N1CCN(c2cc3c(O)c4c(O)c(C)c5c(c24)C(=O)[C@@](C)(O/C=C/[C@H](OC)[C@H](C)[C@@H](OC(C)=O)[C@@H](C)[C@H](O)[C@H](C)[C@@H](O)[C@@H](C)/C=C/C=C(/C)C(=O)N3)O5)CC1. The zero-order chi connectivity index (χ0) is 44.4. The second-order valence-corrected chi connectivity index (χ2v) is 16.1. The molecule has 2 amide bonds. The third kappa shape index (κ3) is 8.91. The second kappa shape index (κ2) is 18.5. The summed E-state index contributed by atoms with van der Waals surface area (Å²) in [5, 5.41) is 49.3. The fourth-order valence-electron chi connectivity index (χ4n) is 8.24. The van der Waals surface area contributed by atoms with Crippen molar-refractivity contribution >= 4 is 45.9 Å². The second-order valence-electron chi connectivity index (χ2n) is 16.1. The summed E-state index contributed by atoms with van der Waals surface area (Å²) in [6.07, 6.45) is 3.33. The molecule has 1 fully saturated rings. The average Bonchev–Trinajstić information content (AvgIpc) is 3.48. The van der Waals surface area contributed by atoms with E-state index in [-0.39, 0.29) is 77.4 Å². The van der Waals surface area contributed by atoms with Gasteiger partial charge in [-0.3, -0.25) is 14.4 Å². The summed E-state index contributed by atoms with van der Waals surface area (Å²) in [6, 6.07) is 1.52. The molecule has 328 valence electrons. The van der Waals surface area contributed by atoms with Gasteiger partial charge in [-0.05, 0) is 32.9 Å². The maximum Gasteiger partial charge on any atom is 0.409 e. The van der Waals surface area contributed by atoms with Gasteiger partial charge in [0, 0.05) is 93.0 Å². The molecule has 2 aromatic carbocycles. The fraction of sp³-hybridized carbons (Fsp3) is 0.545. The van der Waals surface area contributed by atoms with E-state index < -0.39 is 83.4 Å². The summed E-state index contributed by atoms with van der Waals surface area (Å²) in [7, 11) is 1.45. The molecule has 0 radical (unpaired) electrons. The number of carbonyl (C=O) groups is 4. The maximum atomic E-state index is 14.6. The Balaban J connectivity index is 1.68. The number of piperazine rings is 1. The number of ether oxygens (including phenoxy) is 5. The first-order valence-corrected chi connectivity index (χ1v) is 20.3. The molecule has 5 bridgehead atoms. The van der Waals surface area contributed by atoms with Gasteiger partial charge in [0.05, 0.1) is 47.8 Å². The van der Waals surface area contributed by atoms with E-state index >= 15 is 0 Å². The average molecular weight is 838 g/mol. The Kier molecular flexibility index (Phi) is 14.1. The number of methoxy groups -OCH3 is 1. The Morgan fingerprint density at radius 1 is 0.950 bits per heavy atom. The van der Waals surface area contributed by atoms with Gasteiger partial charge in [-0.25, -0.2) is 4.79 Å². The first-order valence-electron chi connectivity index (χ1n) is 20.3. The molecule has 4 heterocycles. The number of hydrogen-bond donors (Lipinski definition) is 5. The number of aliphatic hydroxyl groups is 2. The quantitative estimate of drug-likeness (QED) is 0.195. The number of anilines is 2. The lowest BCUT2D eigenvalue weighted by atomic mass is 9.78. The number of esters is 1. The van der Waals surface area contributed by atoms with E-state index in [0.29, 0.717) is 5.69 Å². The number of phenolic OH excluding ortho intramolecular Hbond substituents is 2. The highest BCUT2D eigenvalue weighted by atomic mass is 16.7. The Hall–Kier alpha value is -5.32. The number of aliphatic hydroxyl groups excluding tert-OH is 2. The van der Waals surface area contributed by atoms with E-state index in [0.717, 1.165) is 0 Å². The topological polar surface area (TPSA) is 214 Å². The van der Waals surface area contributed by atoms with Crippen LogP contribution in [-0.4, -0.2) is 119 Å². The largest absolute Gasteiger partial charge is 0.507 e. The molecule has 5 N–H and O–H groups in total. The van der Waals surface area contributed by atoms with Crippen molar-refractivity contribution < 1.29 is 63.3 Å². The van der Waals surface area contributed by atoms with Crippen LogP contribution in [0.1, 0.15) is 71.3 Å². The zero-order valence-corrected chi connectivity index (χ0v) is 36.0. The summed E-state index contributed by atoms with van der Waals surface area (Å²) in [5.41, 5.74) is 0.730. The molecule has 4 aliphatic heterocycles. The number of phenols is 2. The standard InChI is InChI=1S/C44H59N3O13/c1-11-57-43(55)47-18-16-46(17-19-47)30-21-29-38(52)33-32(30)34-40(27(7)37(33)51)60-44(9,41(34)53)58-20-15-31(56-10)24(4)39(59-28(8)48)26(6)36(50)25(5)35(49)22(2)13-12-14-23(3)42(54)45-29/h12-15,20-22,24-26,31,35-36,39,49-52H,11,16-19H2,1-10H3,(H,45,54)/b13-12+,20-15+,23-14-/t22-,24-,25+,26-,31-,35-,36+,39+,44-/m0/s1. The van der Waals surface area contributed by atoms with E-state index in [1.165, 1.54) is 52.4 Å². The van der Waals surface area contributed by atoms with Crippen LogP contribution >= 0.6 is 0 Å². The van der Waals surface area contributed by atoms with E-state index in [1.807, 2.05) is 4.90 Å². The van der Waals surface area contributed by atoms with Crippen molar-refractivity contribution in [3.05, 3.63) is 53.3 Å². The monoisotopic (exact) mass is 837 g/mol. The molecule has 0 saturated carbocycles. The summed E-state index contributed by atoms with van der Waals surface area (Å²) < 4.78 is 29.1. The van der Waals surface area contributed by atoms with Crippen molar-refractivity contribution in [3.8, 4) is 17.2 Å². The van der Waals surface area contributed by atoms with Crippen LogP contribution in [0.5, 0.6) is 17.2 Å². The molecule has 4 aliphatic rings. The van der Waals surface area contributed by atoms with Crippen molar-refractivity contribution in [2.24, 2.45) is 23.7 Å². The van der Waals surface area contributed by atoms with Gasteiger partial charge in [-0.1, -0.05) is 45.9 Å². The third-order valence-electron chi connectivity index (χ3n) is 12.0. The molecule has 16 nitrogen and oxygen atoms in total. The molecule has 60 heavy (non-hydrogen) atoms. The van der Waals surface area contributed by atoms with Gasteiger partial charge in [-0.15, -0.1) is 0 Å². The number of amides is 2. The molecule has 0 aliphatic carbocycles. The molecule has 9 atom stereocenters. The number of rotatable bonds is 4. The van der Waals surface area contributed by atoms with Gasteiger partial charge in [0.1, 0.15) is 17.6 Å². The number of carbonyl (C=O) groups excluding carboxylic acids is 4. The predicted octanol–water partition coefficient (Wildman–Crippen LogP) is 5.33. The minimum Gasteiger partial charge on any atom is -0.507 e. The van der Waals surface area contributed by atoms with Gasteiger partial charge < -0.3 is 59.2 Å². The molecule has 16 heteroatoms.